The first-order chi connectivity index (χ1) is 13.1. The summed E-state index contributed by atoms with van der Waals surface area (Å²) in [6.45, 7) is 4.88. The van der Waals surface area contributed by atoms with Crippen molar-refractivity contribution in [3.63, 3.8) is 0 Å². The summed E-state index contributed by atoms with van der Waals surface area (Å²) in [4.78, 5) is 17.6. The Bertz CT molecular complexity index is 933. The van der Waals surface area contributed by atoms with Gasteiger partial charge in [0.15, 0.2) is 0 Å². The Morgan fingerprint density at radius 1 is 1.07 bits per heavy atom. The number of carbonyl (C=O) groups is 1. The minimum absolute atomic E-state index is 0.0427. The molecule has 0 atom stereocenters. The second-order valence-corrected chi connectivity index (χ2v) is 6.77. The molecular formula is C23H26N2O2. The van der Waals surface area contributed by atoms with E-state index in [4.69, 9.17) is 9.72 Å². The molecule has 0 aliphatic heterocycles. The van der Waals surface area contributed by atoms with Crippen molar-refractivity contribution in [2.24, 2.45) is 0 Å². The number of unbranched alkanes of at least 4 members (excludes halogenated alkanes) is 2. The van der Waals surface area contributed by atoms with E-state index in [9.17, 15) is 4.79 Å². The van der Waals surface area contributed by atoms with Crippen LogP contribution in [0.2, 0.25) is 0 Å². The Kier molecular flexibility index (Phi) is 6.07. The topological polar surface area (TPSA) is 51.2 Å². The molecule has 0 fully saturated rings. The van der Waals surface area contributed by atoms with Crippen LogP contribution < -0.4 is 10.1 Å². The van der Waals surface area contributed by atoms with Crippen LogP contribution >= 0.6 is 0 Å². The molecule has 3 aromatic rings. The normalized spacial score (nSPS) is 10.8. The lowest BCUT2D eigenvalue weighted by Gasteiger charge is -2.11. The first-order valence-electron chi connectivity index (χ1n) is 9.46. The second kappa shape index (κ2) is 8.67. The Labute approximate surface area is 160 Å². The number of nitrogens with zero attached hydrogens (tertiary/aromatic N) is 1. The quantitative estimate of drug-likeness (QED) is 0.592. The number of fused-ring (bicyclic) bond motifs is 1. The number of amides is 1. The summed E-state index contributed by atoms with van der Waals surface area (Å²) in [5.41, 5.74) is 4.35. The highest BCUT2D eigenvalue weighted by Crippen LogP contribution is 2.27. The molecule has 0 bridgehead atoms. The highest BCUT2D eigenvalue weighted by atomic mass is 16.5. The highest BCUT2D eigenvalue weighted by molar-refractivity contribution is 6.07. The zero-order valence-electron chi connectivity index (χ0n) is 16.2. The third-order valence-electron chi connectivity index (χ3n) is 4.66. The van der Waals surface area contributed by atoms with Crippen molar-refractivity contribution >= 4 is 16.8 Å². The minimum atomic E-state index is -0.0427. The van der Waals surface area contributed by atoms with Crippen molar-refractivity contribution in [3.05, 3.63) is 59.7 Å². The number of hydrogen-bond acceptors (Lipinski definition) is 3. The highest BCUT2D eigenvalue weighted by Gasteiger charge is 2.14. The van der Waals surface area contributed by atoms with Gasteiger partial charge in [-0.25, -0.2) is 4.98 Å². The number of aryl methyl sites for hydroxylation is 1. The number of aromatic nitrogens is 1. The Balaban J connectivity index is 2.00. The number of hydrogen-bond donors (Lipinski definition) is 1. The SMILES string of the molecule is CCCCCNC(=O)c1cc(-c2ccc(OC)cc2)nc2ccc(C)cc12. The fraction of sp³-hybridized carbons (Fsp3) is 0.304. The number of ether oxygens (including phenoxy) is 1. The van der Waals surface area contributed by atoms with Gasteiger partial charge in [-0.05, 0) is 55.8 Å². The van der Waals surface area contributed by atoms with Crippen LogP contribution in [-0.2, 0) is 0 Å². The molecule has 0 radical (unpaired) electrons. The average Bonchev–Trinajstić information content (AvgIpc) is 2.70. The summed E-state index contributed by atoms with van der Waals surface area (Å²) < 4.78 is 5.23. The molecule has 1 aromatic heterocycles. The number of carbonyl (C=O) groups excluding carboxylic acids is 1. The molecule has 0 aliphatic rings. The van der Waals surface area contributed by atoms with Crippen molar-refractivity contribution in [2.75, 3.05) is 13.7 Å². The van der Waals surface area contributed by atoms with Gasteiger partial charge in [0.05, 0.1) is 23.9 Å². The molecule has 4 heteroatoms. The predicted octanol–water partition coefficient (Wildman–Crippen LogP) is 5.14. The third-order valence-corrected chi connectivity index (χ3v) is 4.66. The van der Waals surface area contributed by atoms with E-state index in [1.165, 1.54) is 0 Å². The maximum Gasteiger partial charge on any atom is 0.252 e. The first-order valence-corrected chi connectivity index (χ1v) is 9.46. The molecule has 3 rings (SSSR count). The molecule has 0 spiro atoms. The fourth-order valence-electron chi connectivity index (χ4n) is 3.11. The Hall–Kier alpha value is -2.88. The van der Waals surface area contributed by atoms with Crippen LogP contribution in [0, 0.1) is 6.92 Å². The van der Waals surface area contributed by atoms with Gasteiger partial charge in [0, 0.05) is 17.5 Å². The van der Waals surface area contributed by atoms with Crippen LogP contribution in [-0.4, -0.2) is 24.5 Å². The van der Waals surface area contributed by atoms with Gasteiger partial charge in [0.2, 0.25) is 0 Å². The van der Waals surface area contributed by atoms with Crippen LogP contribution in [0.5, 0.6) is 5.75 Å². The number of nitrogens with one attached hydrogen (secondary N) is 1. The molecule has 140 valence electrons. The smallest absolute Gasteiger partial charge is 0.252 e. The summed E-state index contributed by atoms with van der Waals surface area (Å²) in [6.07, 6.45) is 3.25. The van der Waals surface area contributed by atoms with E-state index in [-0.39, 0.29) is 5.91 Å². The fourth-order valence-corrected chi connectivity index (χ4v) is 3.11. The van der Waals surface area contributed by atoms with Gasteiger partial charge in [0.25, 0.3) is 5.91 Å². The van der Waals surface area contributed by atoms with Crippen LogP contribution in [0.4, 0.5) is 0 Å². The lowest BCUT2D eigenvalue weighted by molar-refractivity contribution is 0.0954. The molecule has 1 amide bonds. The van der Waals surface area contributed by atoms with Crippen LogP contribution in [0.3, 0.4) is 0 Å². The summed E-state index contributed by atoms with van der Waals surface area (Å²) >= 11 is 0. The molecule has 1 N–H and O–H groups in total. The van der Waals surface area contributed by atoms with Gasteiger partial charge >= 0.3 is 0 Å². The van der Waals surface area contributed by atoms with E-state index in [0.29, 0.717) is 12.1 Å². The van der Waals surface area contributed by atoms with Gasteiger partial charge in [-0.2, -0.15) is 0 Å². The molecule has 0 unspecified atom stereocenters. The molecule has 0 aliphatic carbocycles. The van der Waals surface area contributed by atoms with E-state index in [1.807, 2.05) is 55.5 Å². The maximum absolute atomic E-state index is 12.9. The lowest BCUT2D eigenvalue weighted by atomic mass is 10.0. The Morgan fingerprint density at radius 3 is 2.56 bits per heavy atom. The molecule has 1 heterocycles. The van der Waals surface area contributed by atoms with Crippen molar-refractivity contribution < 1.29 is 9.53 Å². The van der Waals surface area contributed by atoms with Crippen molar-refractivity contribution in [2.45, 2.75) is 33.1 Å². The summed E-state index contributed by atoms with van der Waals surface area (Å²) in [5.74, 6) is 0.753. The van der Waals surface area contributed by atoms with E-state index in [2.05, 4.69) is 12.2 Å². The van der Waals surface area contributed by atoms with Crippen molar-refractivity contribution in [3.8, 4) is 17.0 Å². The summed E-state index contributed by atoms with van der Waals surface area (Å²) in [5, 5.41) is 3.94. The van der Waals surface area contributed by atoms with Crippen LogP contribution in [0.25, 0.3) is 22.2 Å². The van der Waals surface area contributed by atoms with Gasteiger partial charge in [-0.3, -0.25) is 4.79 Å². The van der Waals surface area contributed by atoms with Crippen molar-refractivity contribution in [1.82, 2.24) is 10.3 Å². The van der Waals surface area contributed by atoms with Gasteiger partial charge in [-0.1, -0.05) is 31.4 Å². The van der Waals surface area contributed by atoms with E-state index < -0.39 is 0 Å². The number of benzene rings is 2. The lowest BCUT2D eigenvalue weighted by Crippen LogP contribution is -2.24. The van der Waals surface area contributed by atoms with Crippen LogP contribution in [0.15, 0.2) is 48.5 Å². The Morgan fingerprint density at radius 2 is 1.85 bits per heavy atom. The molecule has 2 aromatic carbocycles. The largest absolute Gasteiger partial charge is 0.497 e. The zero-order valence-corrected chi connectivity index (χ0v) is 16.2. The first kappa shape index (κ1) is 18.9. The number of pyridine rings is 1. The van der Waals surface area contributed by atoms with Gasteiger partial charge in [-0.15, -0.1) is 0 Å². The maximum atomic E-state index is 12.9. The summed E-state index contributed by atoms with van der Waals surface area (Å²) in [6, 6.07) is 15.7. The van der Waals surface area contributed by atoms with E-state index in [1.54, 1.807) is 7.11 Å². The average molecular weight is 362 g/mol. The number of rotatable bonds is 7. The van der Waals surface area contributed by atoms with Gasteiger partial charge in [0.1, 0.15) is 5.75 Å². The van der Waals surface area contributed by atoms with E-state index in [0.717, 1.165) is 52.7 Å². The minimum Gasteiger partial charge on any atom is -0.497 e. The second-order valence-electron chi connectivity index (χ2n) is 6.77. The monoisotopic (exact) mass is 362 g/mol. The van der Waals surface area contributed by atoms with Crippen LogP contribution in [0.1, 0.15) is 42.1 Å². The zero-order chi connectivity index (χ0) is 19.2. The molecule has 0 saturated carbocycles. The summed E-state index contributed by atoms with van der Waals surface area (Å²) in [7, 11) is 1.65. The van der Waals surface area contributed by atoms with Gasteiger partial charge < -0.3 is 10.1 Å². The molecular weight excluding hydrogens is 336 g/mol. The third kappa shape index (κ3) is 4.45. The van der Waals surface area contributed by atoms with Crippen molar-refractivity contribution in [1.29, 1.82) is 0 Å². The molecule has 4 nitrogen and oxygen atoms in total. The number of methoxy groups -OCH3 is 1. The van der Waals surface area contributed by atoms with E-state index >= 15 is 0 Å². The molecule has 0 saturated heterocycles. The molecule has 27 heavy (non-hydrogen) atoms. The predicted molar refractivity (Wildman–Crippen MR) is 110 cm³/mol. The standard InChI is InChI=1S/C23H26N2O2/c1-4-5-6-13-24-23(26)20-15-22(17-8-10-18(27-3)11-9-17)25-21-12-7-16(2)14-19(20)21/h7-12,14-15H,4-6,13H2,1-3H3,(H,24,26).